The summed E-state index contributed by atoms with van der Waals surface area (Å²) in [6, 6.07) is 8.78. The number of piperazine rings is 1. The lowest BCUT2D eigenvalue weighted by atomic mass is 10.2. The molecule has 1 fully saturated rings. The van der Waals surface area contributed by atoms with Crippen LogP contribution in [0.15, 0.2) is 36.5 Å². The van der Waals surface area contributed by atoms with E-state index in [1.807, 2.05) is 31.3 Å². The topological polar surface area (TPSA) is 48.5 Å². The van der Waals surface area contributed by atoms with Gasteiger partial charge >= 0.3 is 0 Å². The van der Waals surface area contributed by atoms with Crippen LogP contribution >= 0.6 is 34.8 Å². The minimum Gasteiger partial charge on any atom is -0.323 e. The molecule has 1 saturated heterocycles. The first-order valence-corrected chi connectivity index (χ1v) is 9.89. The molecule has 0 saturated carbocycles. The Labute approximate surface area is 174 Å². The van der Waals surface area contributed by atoms with Crippen molar-refractivity contribution in [3.05, 3.63) is 57.3 Å². The second-order valence-electron chi connectivity index (χ2n) is 6.54. The van der Waals surface area contributed by atoms with E-state index in [0.29, 0.717) is 20.8 Å². The maximum absolute atomic E-state index is 12.6. The zero-order valence-corrected chi connectivity index (χ0v) is 17.2. The number of carbonyl (C=O) groups is 1. The molecule has 0 bridgehead atoms. The molecule has 1 aromatic heterocycles. The molecule has 2 heterocycles. The molecule has 1 aliphatic heterocycles. The standard InChI is InChI=1S/C19H21Cl3N4O/c1-13(19(27)24-18-11-16(21)15(20)10-17(18)22)26-8-6-25(7-9-26)12-14-4-2-3-5-23-14/h2-5,10-11,13H,6-9,12H2,1H3,(H,24,27). The smallest absolute Gasteiger partial charge is 0.241 e. The molecular weight excluding hydrogens is 407 g/mol. The predicted octanol–water partition coefficient (Wildman–Crippen LogP) is 4.19. The molecule has 1 unspecified atom stereocenters. The molecule has 27 heavy (non-hydrogen) atoms. The third kappa shape index (κ3) is 5.33. The fraction of sp³-hybridized carbons (Fsp3) is 0.368. The van der Waals surface area contributed by atoms with Crippen molar-refractivity contribution in [2.24, 2.45) is 0 Å². The number of nitrogens with one attached hydrogen (secondary N) is 1. The van der Waals surface area contributed by atoms with Crippen molar-refractivity contribution in [3.63, 3.8) is 0 Å². The summed E-state index contributed by atoms with van der Waals surface area (Å²) >= 11 is 18.1. The highest BCUT2D eigenvalue weighted by atomic mass is 35.5. The number of benzene rings is 1. The lowest BCUT2D eigenvalue weighted by molar-refractivity contribution is -0.121. The van der Waals surface area contributed by atoms with Crippen molar-refractivity contribution in [2.75, 3.05) is 31.5 Å². The average Bonchev–Trinajstić information content (AvgIpc) is 2.67. The molecule has 2 aromatic rings. The van der Waals surface area contributed by atoms with Gasteiger partial charge in [0.2, 0.25) is 5.91 Å². The van der Waals surface area contributed by atoms with Gasteiger partial charge in [-0.2, -0.15) is 0 Å². The zero-order valence-electron chi connectivity index (χ0n) is 15.0. The van der Waals surface area contributed by atoms with Crippen LogP contribution in [0.5, 0.6) is 0 Å². The fourth-order valence-electron chi connectivity index (χ4n) is 3.05. The van der Waals surface area contributed by atoms with Gasteiger partial charge in [-0.3, -0.25) is 19.6 Å². The van der Waals surface area contributed by atoms with E-state index in [1.165, 1.54) is 6.07 Å². The van der Waals surface area contributed by atoms with E-state index in [2.05, 4.69) is 20.1 Å². The Morgan fingerprint density at radius 1 is 1.11 bits per heavy atom. The lowest BCUT2D eigenvalue weighted by Gasteiger charge is -2.37. The highest BCUT2D eigenvalue weighted by Gasteiger charge is 2.26. The molecule has 5 nitrogen and oxygen atoms in total. The van der Waals surface area contributed by atoms with Gasteiger partial charge < -0.3 is 5.32 Å². The van der Waals surface area contributed by atoms with Crippen LogP contribution in [-0.2, 0) is 11.3 Å². The van der Waals surface area contributed by atoms with Crippen LogP contribution in [0.2, 0.25) is 15.1 Å². The van der Waals surface area contributed by atoms with Gasteiger partial charge in [0.25, 0.3) is 0 Å². The molecule has 1 aliphatic rings. The summed E-state index contributed by atoms with van der Waals surface area (Å²) in [5, 5.41) is 3.92. The van der Waals surface area contributed by atoms with Gasteiger partial charge in [-0.1, -0.05) is 40.9 Å². The minimum absolute atomic E-state index is 0.117. The summed E-state index contributed by atoms with van der Waals surface area (Å²) < 4.78 is 0. The Hall–Kier alpha value is -1.37. The second-order valence-corrected chi connectivity index (χ2v) is 7.77. The van der Waals surface area contributed by atoms with Gasteiger partial charge in [0.1, 0.15) is 0 Å². The van der Waals surface area contributed by atoms with E-state index < -0.39 is 0 Å². The Kier molecular flexibility index (Phi) is 6.95. The fourth-order valence-corrected chi connectivity index (χ4v) is 3.64. The summed E-state index contributed by atoms with van der Waals surface area (Å²) in [5.41, 5.74) is 1.53. The van der Waals surface area contributed by atoms with Crippen LogP contribution in [-0.4, -0.2) is 52.9 Å². The Morgan fingerprint density at radius 3 is 2.48 bits per heavy atom. The van der Waals surface area contributed by atoms with E-state index in [1.54, 1.807) is 6.07 Å². The SMILES string of the molecule is CC(C(=O)Nc1cc(Cl)c(Cl)cc1Cl)N1CCN(Cc2ccccn2)CC1. The first kappa shape index (κ1) is 20.4. The van der Waals surface area contributed by atoms with E-state index in [0.717, 1.165) is 38.4 Å². The number of rotatable bonds is 5. The Morgan fingerprint density at radius 2 is 1.81 bits per heavy atom. The largest absolute Gasteiger partial charge is 0.323 e. The third-order valence-corrected chi connectivity index (χ3v) is 5.75. The summed E-state index contributed by atoms with van der Waals surface area (Å²) in [4.78, 5) is 21.5. The summed E-state index contributed by atoms with van der Waals surface area (Å²) in [6.45, 7) is 6.14. The molecule has 8 heteroatoms. The number of hydrogen-bond acceptors (Lipinski definition) is 4. The summed E-state index contributed by atoms with van der Waals surface area (Å²) in [6.07, 6.45) is 1.81. The van der Waals surface area contributed by atoms with Crippen molar-refractivity contribution >= 4 is 46.4 Å². The molecule has 1 aromatic carbocycles. The number of hydrogen-bond donors (Lipinski definition) is 1. The van der Waals surface area contributed by atoms with E-state index >= 15 is 0 Å². The number of amides is 1. The van der Waals surface area contributed by atoms with Gasteiger partial charge in [0, 0.05) is 38.9 Å². The molecule has 0 aliphatic carbocycles. The Balaban J connectivity index is 1.53. The maximum atomic E-state index is 12.6. The third-order valence-electron chi connectivity index (χ3n) is 4.71. The van der Waals surface area contributed by atoms with Crippen molar-refractivity contribution in [1.82, 2.24) is 14.8 Å². The molecule has 3 rings (SSSR count). The minimum atomic E-state index is -0.271. The molecule has 0 radical (unpaired) electrons. The number of nitrogens with zero attached hydrogens (tertiary/aromatic N) is 3. The van der Waals surface area contributed by atoms with E-state index in [-0.39, 0.29) is 11.9 Å². The number of pyridine rings is 1. The van der Waals surface area contributed by atoms with Crippen molar-refractivity contribution < 1.29 is 4.79 Å². The molecule has 1 atom stereocenters. The average molecular weight is 428 g/mol. The normalized spacial score (nSPS) is 16.9. The van der Waals surface area contributed by atoms with E-state index in [9.17, 15) is 4.79 Å². The number of anilines is 1. The van der Waals surface area contributed by atoms with Crippen LogP contribution in [0.4, 0.5) is 5.69 Å². The molecular formula is C19H21Cl3N4O. The first-order chi connectivity index (χ1) is 12.9. The van der Waals surface area contributed by atoms with Crippen molar-refractivity contribution in [3.8, 4) is 0 Å². The second kappa shape index (κ2) is 9.22. The van der Waals surface area contributed by atoms with Crippen LogP contribution in [0.3, 0.4) is 0 Å². The molecule has 0 spiro atoms. The number of aromatic nitrogens is 1. The number of halogens is 3. The number of carbonyl (C=O) groups excluding carboxylic acids is 1. The zero-order chi connectivity index (χ0) is 19.4. The van der Waals surface area contributed by atoms with Crippen LogP contribution in [0, 0.1) is 0 Å². The van der Waals surface area contributed by atoms with Gasteiger partial charge in [0.15, 0.2) is 0 Å². The van der Waals surface area contributed by atoms with Gasteiger partial charge in [0.05, 0.1) is 32.5 Å². The lowest BCUT2D eigenvalue weighted by Crippen LogP contribution is -2.52. The molecule has 1 N–H and O–H groups in total. The van der Waals surface area contributed by atoms with E-state index in [4.69, 9.17) is 34.8 Å². The first-order valence-electron chi connectivity index (χ1n) is 8.76. The highest BCUT2D eigenvalue weighted by molar-refractivity contribution is 6.44. The maximum Gasteiger partial charge on any atom is 0.241 e. The Bertz CT molecular complexity index is 795. The van der Waals surface area contributed by atoms with Gasteiger partial charge in [-0.15, -0.1) is 0 Å². The van der Waals surface area contributed by atoms with Gasteiger partial charge in [-0.05, 0) is 31.2 Å². The van der Waals surface area contributed by atoms with Gasteiger partial charge in [-0.25, -0.2) is 0 Å². The monoisotopic (exact) mass is 426 g/mol. The van der Waals surface area contributed by atoms with Crippen LogP contribution < -0.4 is 5.32 Å². The summed E-state index contributed by atoms with van der Waals surface area (Å²) in [5.74, 6) is -0.117. The quantitative estimate of drug-likeness (QED) is 0.727. The molecule has 144 valence electrons. The van der Waals surface area contributed by atoms with Crippen LogP contribution in [0.1, 0.15) is 12.6 Å². The predicted molar refractivity (Wildman–Crippen MR) is 111 cm³/mol. The highest BCUT2D eigenvalue weighted by Crippen LogP contribution is 2.32. The van der Waals surface area contributed by atoms with Crippen molar-refractivity contribution in [2.45, 2.75) is 19.5 Å². The van der Waals surface area contributed by atoms with Crippen molar-refractivity contribution in [1.29, 1.82) is 0 Å². The molecule has 1 amide bonds. The summed E-state index contributed by atoms with van der Waals surface area (Å²) in [7, 11) is 0. The van der Waals surface area contributed by atoms with Crippen LogP contribution in [0.25, 0.3) is 0 Å².